The van der Waals surface area contributed by atoms with Crippen LogP contribution in [0.2, 0.25) is 0 Å². The van der Waals surface area contributed by atoms with Crippen LogP contribution in [0.1, 0.15) is 25.7 Å². The maximum atomic E-state index is 11.9. The zero-order chi connectivity index (χ0) is 23.3. The van der Waals surface area contributed by atoms with E-state index in [0.717, 1.165) is 67.7 Å². The summed E-state index contributed by atoms with van der Waals surface area (Å²) >= 11 is 0. The summed E-state index contributed by atoms with van der Waals surface area (Å²) in [6.07, 6.45) is 7.02. The van der Waals surface area contributed by atoms with Crippen molar-refractivity contribution in [1.29, 1.82) is 0 Å². The molecule has 7 nitrogen and oxygen atoms in total. The van der Waals surface area contributed by atoms with Crippen LogP contribution in [0, 0.1) is 5.92 Å². The van der Waals surface area contributed by atoms with Gasteiger partial charge < -0.3 is 19.5 Å². The number of morpholine rings is 1. The number of hydrogen-bond donors (Lipinski definition) is 1. The van der Waals surface area contributed by atoms with Gasteiger partial charge in [-0.1, -0.05) is 0 Å². The quantitative estimate of drug-likeness (QED) is 0.574. The molecule has 2 fully saturated rings. The Morgan fingerprint density at radius 1 is 1.03 bits per heavy atom. The number of anilines is 3. The van der Waals surface area contributed by atoms with Gasteiger partial charge in [0.25, 0.3) is 5.56 Å². The number of rotatable bonds is 7. The fourth-order valence-electron chi connectivity index (χ4n) is 5.15. The van der Waals surface area contributed by atoms with E-state index in [2.05, 4.69) is 44.4 Å². The third kappa shape index (κ3) is 5.42. The summed E-state index contributed by atoms with van der Waals surface area (Å²) in [4.78, 5) is 21.5. The van der Waals surface area contributed by atoms with Crippen LogP contribution in [0.15, 0.2) is 53.5 Å². The number of fused-ring (bicyclic) bond motifs is 1. The summed E-state index contributed by atoms with van der Waals surface area (Å²) in [5.74, 6) is 1.59. The number of aromatic nitrogens is 2. The van der Waals surface area contributed by atoms with E-state index in [1.54, 1.807) is 23.9 Å². The van der Waals surface area contributed by atoms with Crippen molar-refractivity contribution in [3.05, 3.63) is 59.0 Å². The zero-order valence-electron chi connectivity index (χ0n) is 20.1. The second kappa shape index (κ2) is 10.6. The van der Waals surface area contributed by atoms with Gasteiger partial charge in [0.15, 0.2) is 0 Å². The van der Waals surface area contributed by atoms with Crippen molar-refractivity contribution in [3.8, 4) is 0 Å². The van der Waals surface area contributed by atoms with Crippen molar-refractivity contribution in [2.75, 3.05) is 56.2 Å². The largest absolute Gasteiger partial charge is 0.379 e. The average molecular weight is 462 g/mol. The lowest BCUT2D eigenvalue weighted by molar-refractivity contribution is 0.0365. The van der Waals surface area contributed by atoms with Gasteiger partial charge in [-0.05, 0) is 68.5 Å². The standard InChI is InChI=1S/C27H35N5O2/c1-30-25-19-26(28-20-22(25)4-9-27(30)33)29-23-5-7-24(8-6-23)32-13-10-21(11-14-32)3-2-12-31-15-17-34-18-16-31/h4-9,19-21H,2-3,10-18H2,1H3,(H,28,29). The Bertz CT molecular complexity index is 1150. The number of ether oxygens (including phenoxy) is 1. The molecule has 0 radical (unpaired) electrons. The Hall–Kier alpha value is -2.90. The number of hydrogen-bond acceptors (Lipinski definition) is 6. The molecular formula is C27H35N5O2. The number of aryl methyl sites for hydroxylation is 1. The molecule has 0 atom stereocenters. The molecule has 180 valence electrons. The topological polar surface area (TPSA) is 62.6 Å². The predicted octanol–water partition coefficient (Wildman–Crippen LogP) is 4.01. The van der Waals surface area contributed by atoms with Gasteiger partial charge in [0.05, 0.1) is 18.7 Å². The van der Waals surface area contributed by atoms with Crippen LogP contribution in [0.4, 0.5) is 17.2 Å². The maximum absolute atomic E-state index is 11.9. The second-order valence-corrected chi connectivity index (χ2v) is 9.56. The molecule has 2 aliphatic heterocycles. The highest BCUT2D eigenvalue weighted by molar-refractivity contribution is 5.81. The van der Waals surface area contributed by atoms with Crippen LogP contribution in [-0.2, 0) is 11.8 Å². The van der Waals surface area contributed by atoms with Crippen molar-refractivity contribution >= 4 is 28.1 Å². The fraction of sp³-hybridized carbons (Fsp3) is 0.481. The van der Waals surface area contributed by atoms with E-state index in [1.165, 1.54) is 37.9 Å². The molecule has 2 aliphatic rings. The third-order valence-corrected chi connectivity index (χ3v) is 7.32. The highest BCUT2D eigenvalue weighted by Crippen LogP contribution is 2.28. The van der Waals surface area contributed by atoms with E-state index in [9.17, 15) is 4.79 Å². The minimum atomic E-state index is -0.0186. The molecule has 4 heterocycles. The van der Waals surface area contributed by atoms with Gasteiger partial charge in [-0.3, -0.25) is 9.69 Å². The summed E-state index contributed by atoms with van der Waals surface area (Å²) in [6.45, 7) is 7.48. The molecule has 2 aromatic heterocycles. The van der Waals surface area contributed by atoms with Gasteiger partial charge in [-0.2, -0.15) is 0 Å². The monoisotopic (exact) mass is 461 g/mol. The number of nitrogens with zero attached hydrogens (tertiary/aromatic N) is 4. The van der Waals surface area contributed by atoms with Crippen LogP contribution < -0.4 is 15.8 Å². The van der Waals surface area contributed by atoms with Gasteiger partial charge >= 0.3 is 0 Å². The molecule has 1 aromatic carbocycles. The van der Waals surface area contributed by atoms with Crippen molar-refractivity contribution in [1.82, 2.24) is 14.5 Å². The summed E-state index contributed by atoms with van der Waals surface area (Å²) < 4.78 is 7.10. The fourth-order valence-corrected chi connectivity index (χ4v) is 5.15. The molecule has 0 amide bonds. The van der Waals surface area contributed by atoms with E-state index in [-0.39, 0.29) is 5.56 Å². The van der Waals surface area contributed by atoms with Gasteiger partial charge in [0, 0.05) is 68.3 Å². The number of benzene rings is 1. The minimum Gasteiger partial charge on any atom is -0.379 e. The van der Waals surface area contributed by atoms with Crippen molar-refractivity contribution in [3.63, 3.8) is 0 Å². The Morgan fingerprint density at radius 3 is 2.56 bits per heavy atom. The highest BCUT2D eigenvalue weighted by Gasteiger charge is 2.20. The van der Waals surface area contributed by atoms with Gasteiger partial charge in [0.1, 0.15) is 5.82 Å². The first-order valence-corrected chi connectivity index (χ1v) is 12.5. The van der Waals surface area contributed by atoms with Gasteiger partial charge in [0.2, 0.25) is 0 Å². The van der Waals surface area contributed by atoms with Crippen molar-refractivity contribution < 1.29 is 4.74 Å². The Balaban J connectivity index is 1.12. The molecule has 0 unspecified atom stereocenters. The lowest BCUT2D eigenvalue weighted by Crippen LogP contribution is -2.37. The third-order valence-electron chi connectivity index (χ3n) is 7.32. The van der Waals surface area contributed by atoms with E-state index >= 15 is 0 Å². The normalized spacial score (nSPS) is 17.9. The van der Waals surface area contributed by atoms with E-state index in [4.69, 9.17) is 4.74 Å². The lowest BCUT2D eigenvalue weighted by atomic mass is 9.92. The maximum Gasteiger partial charge on any atom is 0.250 e. The summed E-state index contributed by atoms with van der Waals surface area (Å²) in [6, 6.07) is 13.9. The number of nitrogens with one attached hydrogen (secondary N) is 1. The van der Waals surface area contributed by atoms with Crippen LogP contribution in [-0.4, -0.2) is 60.4 Å². The summed E-state index contributed by atoms with van der Waals surface area (Å²) in [5.41, 5.74) is 3.13. The zero-order valence-corrected chi connectivity index (χ0v) is 20.1. The predicted molar refractivity (Wildman–Crippen MR) is 138 cm³/mol. The molecule has 0 bridgehead atoms. The molecule has 0 spiro atoms. The first-order chi connectivity index (χ1) is 16.7. The lowest BCUT2D eigenvalue weighted by Gasteiger charge is -2.34. The molecule has 0 saturated carbocycles. The van der Waals surface area contributed by atoms with Crippen molar-refractivity contribution in [2.45, 2.75) is 25.7 Å². The Morgan fingerprint density at radius 2 is 1.79 bits per heavy atom. The smallest absolute Gasteiger partial charge is 0.250 e. The number of pyridine rings is 2. The summed E-state index contributed by atoms with van der Waals surface area (Å²) in [5, 5.41) is 4.32. The molecule has 1 N–H and O–H groups in total. The van der Waals surface area contributed by atoms with Gasteiger partial charge in [-0.25, -0.2) is 4.98 Å². The van der Waals surface area contributed by atoms with E-state index in [1.807, 2.05) is 12.1 Å². The molecule has 2 saturated heterocycles. The molecule has 3 aromatic rings. The average Bonchev–Trinajstić information content (AvgIpc) is 2.88. The number of piperidine rings is 1. The Kier molecular flexibility index (Phi) is 7.11. The summed E-state index contributed by atoms with van der Waals surface area (Å²) in [7, 11) is 1.79. The van der Waals surface area contributed by atoms with Crippen LogP contribution in [0.25, 0.3) is 10.9 Å². The Labute approximate surface area is 201 Å². The first kappa shape index (κ1) is 22.9. The molecule has 0 aliphatic carbocycles. The van der Waals surface area contributed by atoms with Crippen molar-refractivity contribution in [2.24, 2.45) is 13.0 Å². The van der Waals surface area contributed by atoms with Gasteiger partial charge in [-0.15, -0.1) is 0 Å². The molecule has 5 rings (SSSR count). The van der Waals surface area contributed by atoms with E-state index in [0.29, 0.717) is 0 Å². The van der Waals surface area contributed by atoms with E-state index < -0.39 is 0 Å². The van der Waals surface area contributed by atoms with Crippen LogP contribution >= 0.6 is 0 Å². The minimum absolute atomic E-state index is 0.0186. The first-order valence-electron chi connectivity index (χ1n) is 12.5. The highest BCUT2D eigenvalue weighted by atomic mass is 16.5. The molecule has 34 heavy (non-hydrogen) atoms. The van der Waals surface area contributed by atoms with Crippen LogP contribution in [0.5, 0.6) is 0 Å². The second-order valence-electron chi connectivity index (χ2n) is 9.56. The SMILES string of the molecule is Cn1c(=O)ccc2cnc(Nc3ccc(N4CCC(CCCN5CCOCC5)CC4)cc3)cc21. The molecular weight excluding hydrogens is 426 g/mol. The van der Waals surface area contributed by atoms with Crippen LogP contribution in [0.3, 0.4) is 0 Å². The molecule has 7 heteroatoms.